The van der Waals surface area contributed by atoms with Gasteiger partial charge in [0.05, 0.1) is 31.5 Å². The Kier molecular flexibility index (Phi) is 8.80. The fraction of sp³-hybridized carbons (Fsp3) is 0.407. The number of benzene rings is 1. The molecule has 2 amide bonds. The third-order valence-electron chi connectivity index (χ3n) is 6.35. The second-order valence-corrected chi connectivity index (χ2v) is 9.98. The molecule has 4 rings (SSSR count). The van der Waals surface area contributed by atoms with Crippen molar-refractivity contribution < 1.29 is 23.6 Å². The number of anilines is 1. The fourth-order valence-corrected chi connectivity index (χ4v) is 5.68. The Balaban J connectivity index is 1.29. The lowest BCUT2D eigenvalue weighted by Crippen LogP contribution is -2.27. The van der Waals surface area contributed by atoms with Crippen LogP contribution in [-0.4, -0.2) is 30.4 Å². The molecule has 0 saturated carbocycles. The molecule has 2 N–H and O–H groups in total. The molecule has 194 valence electrons. The molecule has 1 aliphatic carbocycles. The normalized spacial score (nSPS) is 14.4. The number of hydrogen-bond acceptors (Lipinski definition) is 8. The van der Waals surface area contributed by atoms with Gasteiger partial charge in [-0.3, -0.25) is 4.79 Å². The molecule has 0 fully saturated rings. The molecule has 2 aromatic heterocycles. The molecule has 9 nitrogen and oxygen atoms in total. The second kappa shape index (κ2) is 12.4. The summed E-state index contributed by atoms with van der Waals surface area (Å²) in [4.78, 5) is 25.9. The lowest BCUT2D eigenvalue weighted by Gasteiger charge is -2.21. The average molecular weight is 523 g/mol. The Labute approximate surface area is 219 Å². The van der Waals surface area contributed by atoms with E-state index in [1.165, 1.54) is 11.3 Å². The van der Waals surface area contributed by atoms with E-state index in [1.807, 2.05) is 31.2 Å². The van der Waals surface area contributed by atoms with Crippen LogP contribution in [0.2, 0.25) is 0 Å². The van der Waals surface area contributed by atoms with Crippen LogP contribution in [0.3, 0.4) is 0 Å². The van der Waals surface area contributed by atoms with Crippen molar-refractivity contribution in [1.82, 2.24) is 10.5 Å². The first-order valence-corrected chi connectivity index (χ1v) is 13.2. The van der Waals surface area contributed by atoms with E-state index in [9.17, 15) is 14.9 Å². The summed E-state index contributed by atoms with van der Waals surface area (Å²) >= 11 is 1.44. The Bertz CT molecular complexity index is 1290. The first-order valence-electron chi connectivity index (χ1n) is 12.3. The van der Waals surface area contributed by atoms with Gasteiger partial charge >= 0.3 is 6.09 Å². The van der Waals surface area contributed by atoms with Crippen molar-refractivity contribution in [1.29, 1.82) is 5.26 Å². The quantitative estimate of drug-likeness (QED) is 0.387. The van der Waals surface area contributed by atoms with Crippen LogP contribution < -0.4 is 15.4 Å². The van der Waals surface area contributed by atoms with E-state index in [-0.39, 0.29) is 24.9 Å². The number of nitrogens with one attached hydrogen (secondary N) is 2. The van der Waals surface area contributed by atoms with E-state index >= 15 is 0 Å². The van der Waals surface area contributed by atoms with Crippen molar-refractivity contribution >= 4 is 28.3 Å². The number of para-hydroxylation sites is 1. The van der Waals surface area contributed by atoms with Gasteiger partial charge in [-0.1, -0.05) is 23.4 Å². The zero-order valence-corrected chi connectivity index (χ0v) is 21.8. The molecule has 10 heteroatoms. The number of amides is 2. The highest BCUT2D eigenvalue weighted by Gasteiger charge is 2.27. The molecule has 0 saturated heterocycles. The Morgan fingerprint density at radius 2 is 2.14 bits per heavy atom. The van der Waals surface area contributed by atoms with Crippen molar-refractivity contribution in [2.45, 2.75) is 52.5 Å². The molecule has 1 unspecified atom stereocenters. The zero-order chi connectivity index (χ0) is 26.2. The summed E-state index contributed by atoms with van der Waals surface area (Å²) in [6.45, 7) is 4.85. The van der Waals surface area contributed by atoms with Crippen molar-refractivity contribution in [3.8, 4) is 11.8 Å². The fourth-order valence-electron chi connectivity index (χ4n) is 4.35. The average Bonchev–Trinajstić information content (AvgIpc) is 3.47. The largest absolute Gasteiger partial charge is 0.494 e. The maximum Gasteiger partial charge on any atom is 0.407 e. The van der Waals surface area contributed by atoms with Gasteiger partial charge < -0.3 is 24.6 Å². The van der Waals surface area contributed by atoms with Gasteiger partial charge in [0, 0.05) is 16.9 Å². The van der Waals surface area contributed by atoms with Crippen LogP contribution in [-0.2, 0) is 35.3 Å². The number of alkyl carbamates (subject to hydrolysis) is 1. The number of aromatic nitrogens is 1. The Morgan fingerprint density at radius 1 is 1.30 bits per heavy atom. The summed E-state index contributed by atoms with van der Waals surface area (Å²) < 4.78 is 16.0. The minimum Gasteiger partial charge on any atom is -0.494 e. The van der Waals surface area contributed by atoms with Crippen LogP contribution in [0.4, 0.5) is 9.80 Å². The number of carbonyl (C=O) groups is 2. The Morgan fingerprint density at radius 3 is 2.89 bits per heavy atom. The number of hydrogen-bond donors (Lipinski definition) is 2. The number of fused-ring (bicyclic) bond motifs is 1. The summed E-state index contributed by atoms with van der Waals surface area (Å²) in [6.07, 6.45) is 4.13. The lowest BCUT2D eigenvalue weighted by molar-refractivity contribution is -0.116. The van der Waals surface area contributed by atoms with Crippen LogP contribution in [0, 0.1) is 24.2 Å². The number of thiophene rings is 1. The topological polar surface area (TPSA) is 126 Å². The molecule has 3 aromatic rings. The maximum atomic E-state index is 12.7. The number of nitrogens with zero attached hydrogens (tertiary/aromatic N) is 2. The van der Waals surface area contributed by atoms with Gasteiger partial charge in [-0.25, -0.2) is 4.79 Å². The second-order valence-electron chi connectivity index (χ2n) is 8.88. The number of nitriles is 1. The van der Waals surface area contributed by atoms with Crippen molar-refractivity contribution in [3.63, 3.8) is 0 Å². The molecule has 0 spiro atoms. The van der Waals surface area contributed by atoms with Gasteiger partial charge in [0.15, 0.2) is 0 Å². The van der Waals surface area contributed by atoms with Gasteiger partial charge in [0.1, 0.15) is 22.6 Å². The monoisotopic (exact) mass is 522 g/mol. The van der Waals surface area contributed by atoms with E-state index in [1.54, 1.807) is 13.1 Å². The van der Waals surface area contributed by atoms with Crippen molar-refractivity contribution in [3.05, 3.63) is 63.4 Å². The molecule has 1 atom stereocenters. The first kappa shape index (κ1) is 26.2. The minimum atomic E-state index is -0.492. The van der Waals surface area contributed by atoms with Crippen LogP contribution in [0.1, 0.15) is 52.7 Å². The summed E-state index contributed by atoms with van der Waals surface area (Å²) in [5.41, 5.74) is 3.32. The number of rotatable bonds is 10. The van der Waals surface area contributed by atoms with Gasteiger partial charge in [-0.15, -0.1) is 11.3 Å². The number of carbonyl (C=O) groups excluding carboxylic acids is 2. The van der Waals surface area contributed by atoms with Gasteiger partial charge in [-0.2, -0.15) is 5.26 Å². The van der Waals surface area contributed by atoms with E-state index < -0.39 is 6.09 Å². The predicted molar refractivity (Wildman–Crippen MR) is 139 cm³/mol. The van der Waals surface area contributed by atoms with Gasteiger partial charge in [-0.05, 0) is 62.6 Å². The maximum absolute atomic E-state index is 12.7. The smallest absolute Gasteiger partial charge is 0.407 e. The highest BCUT2D eigenvalue weighted by Crippen LogP contribution is 2.39. The highest BCUT2D eigenvalue weighted by atomic mass is 32.1. The highest BCUT2D eigenvalue weighted by molar-refractivity contribution is 7.16. The van der Waals surface area contributed by atoms with Crippen LogP contribution in [0.25, 0.3) is 0 Å². The van der Waals surface area contributed by atoms with Gasteiger partial charge in [0.2, 0.25) is 5.91 Å². The van der Waals surface area contributed by atoms with Crippen LogP contribution in [0.5, 0.6) is 5.75 Å². The van der Waals surface area contributed by atoms with Crippen molar-refractivity contribution in [2.75, 3.05) is 18.5 Å². The minimum absolute atomic E-state index is 0.138. The van der Waals surface area contributed by atoms with Gasteiger partial charge in [0.25, 0.3) is 0 Å². The van der Waals surface area contributed by atoms with E-state index in [4.69, 9.17) is 14.0 Å². The first-order chi connectivity index (χ1) is 18.0. The summed E-state index contributed by atoms with van der Waals surface area (Å²) in [5, 5.41) is 19.7. The van der Waals surface area contributed by atoms with Crippen LogP contribution in [0.15, 0.2) is 35.0 Å². The van der Waals surface area contributed by atoms with Crippen LogP contribution >= 0.6 is 11.3 Å². The van der Waals surface area contributed by atoms with E-state index in [0.29, 0.717) is 48.7 Å². The molecular weight excluding hydrogens is 492 g/mol. The number of ether oxygens (including phenoxy) is 2. The Hall–Kier alpha value is -3.84. The molecule has 1 aliphatic rings. The molecule has 0 aliphatic heterocycles. The molecule has 2 heterocycles. The molecule has 0 bridgehead atoms. The molecule has 1 aromatic carbocycles. The zero-order valence-electron chi connectivity index (χ0n) is 21.0. The summed E-state index contributed by atoms with van der Waals surface area (Å²) in [6, 6.07) is 9.98. The summed E-state index contributed by atoms with van der Waals surface area (Å²) in [5.74, 6) is 1.46. The predicted octanol–water partition coefficient (Wildman–Crippen LogP) is 4.92. The molecular formula is C27H30N4O5S. The third-order valence-corrected chi connectivity index (χ3v) is 7.52. The standard InChI is InChI=1S/C27H30N4O5S/c1-3-34-23-7-5-4-6-19(23)9-11-25(32)31-26-22(13-28)21-10-8-18(12-24(21)37-26)16-35-27(33)29-14-20-15-30-36-17(20)2/h4-7,15,18H,3,8-12,14,16H2,1-2H3,(H,29,33)(H,31,32). The van der Waals surface area contributed by atoms with Crippen molar-refractivity contribution in [2.24, 2.45) is 5.92 Å². The van der Waals surface area contributed by atoms with E-state index in [2.05, 4.69) is 21.9 Å². The number of aryl methyl sites for hydroxylation is 2. The molecule has 37 heavy (non-hydrogen) atoms. The summed E-state index contributed by atoms with van der Waals surface area (Å²) in [7, 11) is 0. The SMILES string of the molecule is CCOc1ccccc1CCC(=O)Nc1sc2c(c1C#N)CCC(COC(=O)NCc1cnoc1C)C2. The molecule has 0 radical (unpaired) electrons. The van der Waals surface area contributed by atoms with E-state index in [0.717, 1.165) is 33.7 Å². The lowest BCUT2D eigenvalue weighted by atomic mass is 9.88. The third kappa shape index (κ3) is 6.68.